The summed E-state index contributed by atoms with van der Waals surface area (Å²) in [5.74, 6) is 0.171. The molecule has 1 aromatic carbocycles. The van der Waals surface area contributed by atoms with Gasteiger partial charge in [0.25, 0.3) is 0 Å². The second-order valence-electron chi connectivity index (χ2n) is 5.10. The molecule has 18 heavy (non-hydrogen) atoms. The van der Waals surface area contributed by atoms with E-state index in [1.54, 1.807) is 0 Å². The molecule has 98 valence electrons. The monoisotopic (exact) mass is 246 g/mol. The van der Waals surface area contributed by atoms with Crippen molar-refractivity contribution < 1.29 is 4.79 Å². The van der Waals surface area contributed by atoms with Gasteiger partial charge in [0.1, 0.15) is 0 Å². The Morgan fingerprint density at radius 2 is 2.39 bits per heavy atom. The molecule has 1 aliphatic rings. The highest BCUT2D eigenvalue weighted by atomic mass is 16.1. The van der Waals surface area contributed by atoms with Gasteiger partial charge in [-0.05, 0) is 38.3 Å². The van der Waals surface area contributed by atoms with E-state index >= 15 is 0 Å². The average Bonchev–Trinajstić information content (AvgIpc) is 2.38. The van der Waals surface area contributed by atoms with E-state index in [4.69, 9.17) is 0 Å². The lowest BCUT2D eigenvalue weighted by atomic mass is 10.1. The van der Waals surface area contributed by atoms with Gasteiger partial charge in [0, 0.05) is 19.0 Å². The lowest BCUT2D eigenvalue weighted by Crippen LogP contribution is -2.45. The smallest absolute Gasteiger partial charge is 0.220 e. The second kappa shape index (κ2) is 6.55. The molecule has 0 aromatic heterocycles. The van der Waals surface area contributed by atoms with Crippen LogP contribution in [0.3, 0.4) is 0 Å². The topological polar surface area (TPSA) is 41.1 Å². The van der Waals surface area contributed by atoms with Gasteiger partial charge in [0.05, 0.1) is 0 Å². The molecule has 1 fully saturated rings. The largest absolute Gasteiger partial charge is 0.352 e. The van der Waals surface area contributed by atoms with E-state index in [0.29, 0.717) is 12.5 Å². The summed E-state index contributed by atoms with van der Waals surface area (Å²) in [4.78, 5) is 11.8. The van der Waals surface area contributed by atoms with Crippen LogP contribution in [0.5, 0.6) is 0 Å². The molecule has 3 nitrogen and oxygen atoms in total. The zero-order chi connectivity index (χ0) is 12.8. The van der Waals surface area contributed by atoms with Crippen molar-refractivity contribution in [3.05, 3.63) is 35.4 Å². The zero-order valence-electron chi connectivity index (χ0n) is 11.0. The highest BCUT2D eigenvalue weighted by Crippen LogP contribution is 2.07. The molecule has 0 spiro atoms. The Morgan fingerprint density at radius 3 is 3.11 bits per heavy atom. The molecule has 0 bridgehead atoms. The van der Waals surface area contributed by atoms with Gasteiger partial charge in [0.15, 0.2) is 0 Å². The van der Waals surface area contributed by atoms with Crippen molar-refractivity contribution in [1.82, 2.24) is 10.6 Å². The summed E-state index contributed by atoms with van der Waals surface area (Å²) in [5.41, 5.74) is 2.50. The first kappa shape index (κ1) is 13.1. The molecule has 1 saturated heterocycles. The van der Waals surface area contributed by atoms with E-state index in [2.05, 4.69) is 35.8 Å². The molecular weight excluding hydrogens is 224 g/mol. The zero-order valence-corrected chi connectivity index (χ0v) is 11.0. The number of benzene rings is 1. The Labute approximate surface area is 109 Å². The van der Waals surface area contributed by atoms with Crippen LogP contribution in [-0.2, 0) is 11.2 Å². The molecule has 1 heterocycles. The fourth-order valence-corrected chi connectivity index (χ4v) is 2.40. The molecule has 2 N–H and O–H groups in total. The molecule has 0 radical (unpaired) electrons. The molecule has 1 atom stereocenters. The maximum Gasteiger partial charge on any atom is 0.220 e. The lowest BCUT2D eigenvalue weighted by molar-refractivity contribution is -0.121. The van der Waals surface area contributed by atoms with E-state index in [1.807, 2.05) is 6.07 Å². The summed E-state index contributed by atoms with van der Waals surface area (Å²) < 4.78 is 0. The minimum absolute atomic E-state index is 0.171. The van der Waals surface area contributed by atoms with Crippen molar-refractivity contribution in [3.63, 3.8) is 0 Å². The van der Waals surface area contributed by atoms with Crippen LogP contribution in [0.25, 0.3) is 0 Å². The summed E-state index contributed by atoms with van der Waals surface area (Å²) in [6.45, 7) is 4.07. The fourth-order valence-electron chi connectivity index (χ4n) is 2.40. The average molecular weight is 246 g/mol. The van der Waals surface area contributed by atoms with Gasteiger partial charge < -0.3 is 10.6 Å². The summed E-state index contributed by atoms with van der Waals surface area (Å²) in [7, 11) is 0. The van der Waals surface area contributed by atoms with Crippen molar-refractivity contribution >= 4 is 5.91 Å². The van der Waals surface area contributed by atoms with Crippen molar-refractivity contribution in [3.8, 4) is 0 Å². The van der Waals surface area contributed by atoms with Gasteiger partial charge in [-0.1, -0.05) is 29.8 Å². The Bertz CT molecular complexity index is 397. The highest BCUT2D eigenvalue weighted by molar-refractivity contribution is 5.76. The van der Waals surface area contributed by atoms with Gasteiger partial charge in [-0.15, -0.1) is 0 Å². The fraction of sp³-hybridized carbons (Fsp3) is 0.533. The Balaban J connectivity index is 1.74. The number of hydrogen-bond donors (Lipinski definition) is 2. The molecule has 0 saturated carbocycles. The summed E-state index contributed by atoms with van der Waals surface area (Å²) in [6.07, 6.45) is 3.67. The number of rotatable bonds is 4. The van der Waals surface area contributed by atoms with Crippen LogP contribution in [0, 0.1) is 6.92 Å². The van der Waals surface area contributed by atoms with Gasteiger partial charge in [-0.2, -0.15) is 0 Å². The number of amides is 1. The van der Waals surface area contributed by atoms with E-state index in [1.165, 1.54) is 11.1 Å². The molecule has 2 rings (SSSR count). The van der Waals surface area contributed by atoms with Crippen molar-refractivity contribution in [1.29, 1.82) is 0 Å². The third-order valence-corrected chi connectivity index (χ3v) is 3.39. The predicted octanol–water partition coefficient (Wildman–Crippen LogP) is 1.80. The summed E-state index contributed by atoms with van der Waals surface area (Å²) in [6, 6.07) is 8.69. The predicted molar refractivity (Wildman–Crippen MR) is 73.5 cm³/mol. The number of nitrogens with one attached hydrogen (secondary N) is 2. The van der Waals surface area contributed by atoms with Crippen LogP contribution in [0.15, 0.2) is 24.3 Å². The van der Waals surface area contributed by atoms with Crippen molar-refractivity contribution in [2.45, 2.75) is 38.6 Å². The standard InChI is InChI=1S/C15H22N2O/c1-12-4-2-5-13(10-12)7-8-15(18)17-14-6-3-9-16-11-14/h2,4-5,10,14,16H,3,6-9,11H2,1H3,(H,17,18)/t14-/m0/s1. The molecule has 1 aromatic rings. The van der Waals surface area contributed by atoms with E-state index < -0.39 is 0 Å². The van der Waals surface area contributed by atoms with Gasteiger partial charge in [-0.3, -0.25) is 4.79 Å². The molecule has 1 aliphatic heterocycles. The second-order valence-corrected chi connectivity index (χ2v) is 5.10. The van der Waals surface area contributed by atoms with Gasteiger partial charge in [-0.25, -0.2) is 0 Å². The summed E-state index contributed by atoms with van der Waals surface area (Å²) >= 11 is 0. The van der Waals surface area contributed by atoms with Gasteiger partial charge >= 0.3 is 0 Å². The van der Waals surface area contributed by atoms with Gasteiger partial charge in [0.2, 0.25) is 5.91 Å². The number of carbonyl (C=O) groups excluding carboxylic acids is 1. The lowest BCUT2D eigenvalue weighted by Gasteiger charge is -2.23. The minimum Gasteiger partial charge on any atom is -0.352 e. The first-order valence-electron chi connectivity index (χ1n) is 6.79. The third-order valence-electron chi connectivity index (χ3n) is 3.39. The van der Waals surface area contributed by atoms with Crippen molar-refractivity contribution in [2.75, 3.05) is 13.1 Å². The van der Waals surface area contributed by atoms with Crippen LogP contribution in [-0.4, -0.2) is 25.0 Å². The van der Waals surface area contributed by atoms with Crippen LogP contribution in [0.4, 0.5) is 0 Å². The Morgan fingerprint density at radius 1 is 1.50 bits per heavy atom. The summed E-state index contributed by atoms with van der Waals surface area (Å²) in [5, 5.41) is 6.41. The molecular formula is C15H22N2O. The molecule has 0 unspecified atom stereocenters. The maximum absolute atomic E-state index is 11.8. The van der Waals surface area contributed by atoms with Crippen LogP contribution in [0.1, 0.15) is 30.4 Å². The van der Waals surface area contributed by atoms with E-state index in [-0.39, 0.29) is 5.91 Å². The molecule has 3 heteroatoms. The molecule has 0 aliphatic carbocycles. The quantitative estimate of drug-likeness (QED) is 0.850. The van der Waals surface area contributed by atoms with Crippen molar-refractivity contribution in [2.24, 2.45) is 0 Å². The maximum atomic E-state index is 11.8. The first-order chi connectivity index (χ1) is 8.74. The number of aryl methyl sites for hydroxylation is 2. The molecule has 1 amide bonds. The third kappa shape index (κ3) is 4.15. The Kier molecular flexibility index (Phi) is 4.76. The van der Waals surface area contributed by atoms with Crippen LogP contribution < -0.4 is 10.6 Å². The number of piperidine rings is 1. The van der Waals surface area contributed by atoms with E-state index in [9.17, 15) is 4.79 Å². The number of hydrogen-bond acceptors (Lipinski definition) is 2. The SMILES string of the molecule is Cc1cccc(CCC(=O)N[C@H]2CCCNC2)c1. The first-order valence-corrected chi connectivity index (χ1v) is 6.79. The number of carbonyl (C=O) groups is 1. The Hall–Kier alpha value is -1.35. The van der Waals surface area contributed by atoms with Crippen LogP contribution in [0.2, 0.25) is 0 Å². The normalized spacial score (nSPS) is 19.5. The minimum atomic E-state index is 0.171. The highest BCUT2D eigenvalue weighted by Gasteiger charge is 2.14. The van der Waals surface area contributed by atoms with Crippen LogP contribution >= 0.6 is 0 Å². The van der Waals surface area contributed by atoms with E-state index in [0.717, 1.165) is 32.4 Å².